The molecule has 20 heavy (non-hydrogen) atoms. The third-order valence-corrected chi connectivity index (χ3v) is 4.55. The van der Waals surface area contributed by atoms with Crippen molar-refractivity contribution < 1.29 is 10.1 Å². The third-order valence-electron chi connectivity index (χ3n) is 3.41. The highest BCUT2D eigenvalue weighted by Crippen LogP contribution is 2.33. The Kier molecular flexibility index (Phi) is 4.33. The molecule has 0 aromatic heterocycles. The fraction of sp³-hybridized carbons (Fsp3) is 0.417. The number of anilines is 1. The minimum absolute atomic E-state index is 0.0338. The topological polar surface area (TPSA) is 105 Å². The highest BCUT2D eigenvalue weighted by molar-refractivity contribution is 7.99. The number of nitrogens with two attached hydrogens (primary N) is 1. The highest BCUT2D eigenvalue weighted by Gasteiger charge is 2.26. The second-order valence-corrected chi connectivity index (χ2v) is 5.72. The summed E-state index contributed by atoms with van der Waals surface area (Å²) in [7, 11) is 1.86. The molecule has 1 aromatic carbocycles. The van der Waals surface area contributed by atoms with E-state index >= 15 is 0 Å². The lowest BCUT2D eigenvalue weighted by molar-refractivity contribution is -0.384. The minimum atomic E-state index is -0.442. The fourth-order valence-electron chi connectivity index (χ4n) is 2.21. The molecule has 7 nitrogen and oxygen atoms in total. The number of oxime groups is 1. The van der Waals surface area contributed by atoms with E-state index in [0.29, 0.717) is 17.3 Å². The van der Waals surface area contributed by atoms with Crippen molar-refractivity contribution in [3.63, 3.8) is 0 Å². The van der Waals surface area contributed by atoms with Crippen LogP contribution >= 0.6 is 11.8 Å². The first-order valence-electron chi connectivity index (χ1n) is 6.11. The van der Waals surface area contributed by atoms with Crippen molar-refractivity contribution in [2.24, 2.45) is 10.9 Å². The molecule has 8 heteroatoms. The Balaban J connectivity index is 2.39. The summed E-state index contributed by atoms with van der Waals surface area (Å²) >= 11 is 1.85. The van der Waals surface area contributed by atoms with Gasteiger partial charge in [0.15, 0.2) is 5.84 Å². The van der Waals surface area contributed by atoms with Crippen molar-refractivity contribution in [2.75, 3.05) is 23.5 Å². The van der Waals surface area contributed by atoms with Gasteiger partial charge in [-0.1, -0.05) is 5.16 Å². The van der Waals surface area contributed by atoms with Crippen LogP contribution < -0.4 is 10.6 Å². The second-order valence-electron chi connectivity index (χ2n) is 4.57. The van der Waals surface area contributed by atoms with E-state index in [2.05, 4.69) is 5.16 Å². The van der Waals surface area contributed by atoms with Crippen LogP contribution in [0.3, 0.4) is 0 Å². The SMILES string of the molecule is CN(c1ccc(C(N)=NO)cc1[N+](=O)[O-])C1CCSC1. The monoisotopic (exact) mass is 296 g/mol. The normalized spacial score (nSPS) is 19.1. The van der Waals surface area contributed by atoms with Gasteiger partial charge in [-0.15, -0.1) is 0 Å². The quantitative estimate of drug-likeness (QED) is 0.288. The molecule has 3 N–H and O–H groups in total. The molecule has 1 unspecified atom stereocenters. The first-order chi connectivity index (χ1) is 9.54. The average molecular weight is 296 g/mol. The third kappa shape index (κ3) is 2.79. The number of hydrogen-bond acceptors (Lipinski definition) is 6. The van der Waals surface area contributed by atoms with Crippen LogP contribution in [-0.4, -0.2) is 40.6 Å². The highest BCUT2D eigenvalue weighted by atomic mass is 32.2. The van der Waals surface area contributed by atoms with Crippen LogP contribution in [0.1, 0.15) is 12.0 Å². The lowest BCUT2D eigenvalue weighted by Crippen LogP contribution is -2.31. The Bertz CT molecular complexity index is 544. The molecule has 1 atom stereocenters. The summed E-state index contributed by atoms with van der Waals surface area (Å²) < 4.78 is 0. The predicted octanol–water partition coefficient (Wildman–Crippen LogP) is 1.63. The zero-order valence-corrected chi connectivity index (χ0v) is 11.8. The summed E-state index contributed by atoms with van der Waals surface area (Å²) in [6, 6.07) is 4.90. The fourth-order valence-corrected chi connectivity index (χ4v) is 3.48. The van der Waals surface area contributed by atoms with E-state index in [4.69, 9.17) is 10.9 Å². The predicted molar refractivity (Wildman–Crippen MR) is 79.7 cm³/mol. The molecule has 2 rings (SSSR count). The average Bonchev–Trinajstić information content (AvgIpc) is 2.99. The zero-order chi connectivity index (χ0) is 14.7. The van der Waals surface area contributed by atoms with Gasteiger partial charge in [0.1, 0.15) is 5.69 Å². The molecule has 1 heterocycles. The lowest BCUT2D eigenvalue weighted by Gasteiger charge is -2.25. The maximum absolute atomic E-state index is 11.2. The van der Waals surface area contributed by atoms with Gasteiger partial charge in [-0.25, -0.2) is 0 Å². The molecule has 0 saturated carbocycles. The van der Waals surface area contributed by atoms with E-state index in [9.17, 15) is 10.1 Å². The van der Waals surface area contributed by atoms with Gasteiger partial charge >= 0.3 is 0 Å². The summed E-state index contributed by atoms with van der Waals surface area (Å²) in [4.78, 5) is 12.7. The number of nitrogens with zero attached hydrogens (tertiary/aromatic N) is 3. The van der Waals surface area contributed by atoms with Crippen LogP contribution in [0.25, 0.3) is 0 Å². The lowest BCUT2D eigenvalue weighted by atomic mass is 10.1. The number of nitro groups is 1. The van der Waals surface area contributed by atoms with E-state index in [-0.39, 0.29) is 11.5 Å². The van der Waals surface area contributed by atoms with Crippen molar-refractivity contribution in [1.29, 1.82) is 0 Å². The standard InChI is InChI=1S/C12H16N4O3S/c1-15(9-4-5-20-7-9)10-3-2-8(12(13)14-17)6-11(10)16(18)19/h2-3,6,9,17H,4-5,7H2,1H3,(H2,13,14). The zero-order valence-electron chi connectivity index (χ0n) is 11.0. The Hall–Kier alpha value is -1.96. The van der Waals surface area contributed by atoms with Crippen molar-refractivity contribution in [1.82, 2.24) is 0 Å². The molecule has 0 aliphatic carbocycles. The number of benzene rings is 1. The van der Waals surface area contributed by atoms with Crippen molar-refractivity contribution >= 4 is 29.0 Å². The first kappa shape index (κ1) is 14.4. The van der Waals surface area contributed by atoms with E-state index in [0.717, 1.165) is 17.9 Å². The second kappa shape index (κ2) is 6.00. The first-order valence-corrected chi connectivity index (χ1v) is 7.27. The molecule has 1 aliphatic rings. The molecule has 0 spiro atoms. The Morgan fingerprint density at radius 3 is 2.95 bits per heavy atom. The molecule has 0 bridgehead atoms. The van der Waals surface area contributed by atoms with Gasteiger partial charge in [0.25, 0.3) is 5.69 Å². The summed E-state index contributed by atoms with van der Waals surface area (Å²) in [5.41, 5.74) is 6.32. The Morgan fingerprint density at radius 2 is 2.40 bits per heavy atom. The van der Waals surface area contributed by atoms with Gasteiger partial charge in [-0.05, 0) is 24.3 Å². The van der Waals surface area contributed by atoms with Crippen LogP contribution in [0.15, 0.2) is 23.4 Å². The summed E-state index contributed by atoms with van der Waals surface area (Å²) in [5, 5.41) is 22.7. The number of nitro benzene ring substituents is 1. The summed E-state index contributed by atoms with van der Waals surface area (Å²) in [6.07, 6.45) is 1.01. The Labute approximate surface area is 120 Å². The van der Waals surface area contributed by atoms with Gasteiger partial charge in [-0.2, -0.15) is 11.8 Å². The summed E-state index contributed by atoms with van der Waals surface area (Å²) in [5.74, 6) is 1.90. The van der Waals surface area contributed by atoms with Crippen molar-refractivity contribution in [2.45, 2.75) is 12.5 Å². The minimum Gasteiger partial charge on any atom is -0.409 e. The van der Waals surface area contributed by atoms with Gasteiger partial charge in [0, 0.05) is 30.5 Å². The number of thioether (sulfide) groups is 1. The molecule has 0 radical (unpaired) electrons. The number of rotatable bonds is 4. The maximum atomic E-state index is 11.2. The van der Waals surface area contributed by atoms with Gasteiger partial charge < -0.3 is 15.8 Å². The van der Waals surface area contributed by atoms with E-state index in [1.165, 1.54) is 6.07 Å². The summed E-state index contributed by atoms with van der Waals surface area (Å²) in [6.45, 7) is 0. The van der Waals surface area contributed by atoms with Gasteiger partial charge in [-0.3, -0.25) is 10.1 Å². The van der Waals surface area contributed by atoms with Crippen molar-refractivity contribution in [3.8, 4) is 0 Å². The molecule has 1 aromatic rings. The molecule has 1 fully saturated rings. The van der Waals surface area contributed by atoms with E-state index in [1.807, 2.05) is 23.7 Å². The van der Waals surface area contributed by atoms with Gasteiger partial charge in [0.05, 0.1) is 4.92 Å². The largest absolute Gasteiger partial charge is 0.409 e. The van der Waals surface area contributed by atoms with Crippen LogP contribution in [-0.2, 0) is 0 Å². The smallest absolute Gasteiger partial charge is 0.293 e. The van der Waals surface area contributed by atoms with Crippen molar-refractivity contribution in [3.05, 3.63) is 33.9 Å². The van der Waals surface area contributed by atoms with E-state index in [1.54, 1.807) is 12.1 Å². The van der Waals surface area contributed by atoms with Crippen LogP contribution in [0.2, 0.25) is 0 Å². The molecule has 0 amide bonds. The molecule has 1 aliphatic heterocycles. The number of amidine groups is 1. The molecule has 108 valence electrons. The molecule has 1 saturated heterocycles. The Morgan fingerprint density at radius 1 is 1.65 bits per heavy atom. The van der Waals surface area contributed by atoms with E-state index < -0.39 is 4.92 Å². The molecular formula is C12H16N4O3S. The molecular weight excluding hydrogens is 280 g/mol. The van der Waals surface area contributed by atoms with Crippen LogP contribution in [0.5, 0.6) is 0 Å². The number of hydrogen-bond donors (Lipinski definition) is 2. The van der Waals surface area contributed by atoms with Gasteiger partial charge in [0.2, 0.25) is 0 Å². The van der Waals surface area contributed by atoms with Crippen LogP contribution in [0.4, 0.5) is 11.4 Å². The maximum Gasteiger partial charge on any atom is 0.293 e. The van der Waals surface area contributed by atoms with Crippen LogP contribution in [0, 0.1) is 10.1 Å².